The third kappa shape index (κ3) is 3.18. The van der Waals surface area contributed by atoms with Crippen molar-refractivity contribution in [3.05, 3.63) is 65.9 Å². The number of ether oxygens (including phenoxy) is 1. The van der Waals surface area contributed by atoms with Crippen LogP contribution in [0.5, 0.6) is 5.75 Å². The Bertz CT molecular complexity index is 742. The number of halogens is 3. The van der Waals surface area contributed by atoms with Crippen LogP contribution < -0.4 is 4.74 Å². The molecule has 2 aromatic carbocycles. The molecule has 21 heavy (non-hydrogen) atoms. The standard InChI is InChI=1S/C16H11F3O2/c17-16(18,19)21-13-7-5-11(6-8-13)9-12-10-20-15-4-2-1-3-14(12)15/h1-8,10H,9H2. The minimum Gasteiger partial charge on any atom is -0.464 e. The molecule has 0 amide bonds. The van der Waals surface area contributed by atoms with Crippen LogP contribution in [0.15, 0.2) is 59.2 Å². The summed E-state index contributed by atoms with van der Waals surface area (Å²) < 4.78 is 45.5. The smallest absolute Gasteiger partial charge is 0.464 e. The topological polar surface area (TPSA) is 22.4 Å². The summed E-state index contributed by atoms with van der Waals surface area (Å²) in [5, 5.41) is 1.01. The first-order valence-corrected chi connectivity index (χ1v) is 6.31. The Labute approximate surface area is 118 Å². The molecule has 108 valence electrons. The molecule has 3 rings (SSSR count). The van der Waals surface area contributed by atoms with Gasteiger partial charge in [-0.25, -0.2) is 0 Å². The van der Waals surface area contributed by atoms with E-state index >= 15 is 0 Å². The molecule has 3 aromatic rings. The molecule has 5 heteroatoms. The predicted octanol–water partition coefficient (Wildman–Crippen LogP) is 4.92. The minimum atomic E-state index is -4.66. The van der Waals surface area contributed by atoms with Crippen LogP contribution in [0.4, 0.5) is 13.2 Å². The van der Waals surface area contributed by atoms with Crippen LogP contribution in [0, 0.1) is 0 Å². The van der Waals surface area contributed by atoms with Gasteiger partial charge in [0, 0.05) is 17.4 Å². The van der Waals surface area contributed by atoms with E-state index in [2.05, 4.69) is 4.74 Å². The fraction of sp³-hybridized carbons (Fsp3) is 0.125. The van der Waals surface area contributed by atoms with Gasteiger partial charge in [-0.05, 0) is 23.8 Å². The molecule has 0 aliphatic carbocycles. The summed E-state index contributed by atoms with van der Waals surface area (Å²) in [5.74, 6) is -0.219. The second kappa shape index (κ2) is 5.16. The van der Waals surface area contributed by atoms with Gasteiger partial charge in [-0.2, -0.15) is 0 Å². The van der Waals surface area contributed by atoms with Crippen molar-refractivity contribution in [1.82, 2.24) is 0 Å². The van der Waals surface area contributed by atoms with Crippen molar-refractivity contribution < 1.29 is 22.3 Å². The van der Waals surface area contributed by atoms with E-state index < -0.39 is 6.36 Å². The number of furan rings is 1. The molecule has 0 atom stereocenters. The van der Waals surface area contributed by atoms with Gasteiger partial charge in [-0.1, -0.05) is 30.3 Å². The van der Waals surface area contributed by atoms with Crippen LogP contribution in [-0.2, 0) is 6.42 Å². The molecule has 0 N–H and O–H groups in total. The Kier molecular flexibility index (Phi) is 3.33. The summed E-state index contributed by atoms with van der Waals surface area (Å²) in [6.07, 6.45) is -2.41. The molecule has 0 unspecified atom stereocenters. The number of hydrogen-bond donors (Lipinski definition) is 0. The van der Waals surface area contributed by atoms with Crippen LogP contribution in [0.2, 0.25) is 0 Å². The molecule has 0 aliphatic rings. The Morgan fingerprint density at radius 1 is 0.952 bits per heavy atom. The normalized spacial score (nSPS) is 11.8. The van der Waals surface area contributed by atoms with Crippen molar-refractivity contribution in [2.75, 3.05) is 0 Å². The van der Waals surface area contributed by atoms with Gasteiger partial charge in [0.05, 0.1) is 6.26 Å². The maximum Gasteiger partial charge on any atom is 0.573 e. The fourth-order valence-corrected chi connectivity index (χ4v) is 2.20. The monoisotopic (exact) mass is 292 g/mol. The van der Waals surface area contributed by atoms with E-state index in [9.17, 15) is 13.2 Å². The molecular weight excluding hydrogens is 281 g/mol. The first kappa shape index (κ1) is 13.5. The second-order valence-electron chi connectivity index (χ2n) is 4.63. The molecule has 1 aromatic heterocycles. The van der Waals surface area contributed by atoms with Crippen molar-refractivity contribution in [3.8, 4) is 5.75 Å². The summed E-state index contributed by atoms with van der Waals surface area (Å²) in [7, 11) is 0. The van der Waals surface area contributed by atoms with Crippen molar-refractivity contribution in [3.63, 3.8) is 0 Å². The van der Waals surface area contributed by atoms with Gasteiger partial charge in [0.2, 0.25) is 0 Å². The summed E-state index contributed by atoms with van der Waals surface area (Å²) in [6, 6.07) is 13.5. The van der Waals surface area contributed by atoms with Gasteiger partial charge in [0.1, 0.15) is 11.3 Å². The lowest BCUT2D eigenvalue weighted by atomic mass is 10.0. The third-order valence-corrected chi connectivity index (χ3v) is 3.11. The number of alkyl halides is 3. The third-order valence-electron chi connectivity index (χ3n) is 3.11. The molecule has 1 heterocycles. The Morgan fingerprint density at radius 3 is 2.38 bits per heavy atom. The van der Waals surface area contributed by atoms with Crippen molar-refractivity contribution in [2.24, 2.45) is 0 Å². The SMILES string of the molecule is FC(F)(F)Oc1ccc(Cc2coc3ccccc23)cc1. The largest absolute Gasteiger partial charge is 0.573 e. The first-order valence-electron chi connectivity index (χ1n) is 6.31. The summed E-state index contributed by atoms with van der Waals surface area (Å²) in [4.78, 5) is 0. The fourth-order valence-electron chi connectivity index (χ4n) is 2.20. The highest BCUT2D eigenvalue weighted by atomic mass is 19.4. The zero-order chi connectivity index (χ0) is 14.9. The molecule has 0 saturated heterocycles. The van der Waals surface area contributed by atoms with Gasteiger partial charge in [0.15, 0.2) is 0 Å². The number of para-hydroxylation sites is 1. The van der Waals surface area contributed by atoms with Gasteiger partial charge >= 0.3 is 6.36 Å². The second-order valence-corrected chi connectivity index (χ2v) is 4.63. The summed E-state index contributed by atoms with van der Waals surface area (Å²) in [5.41, 5.74) is 2.68. The zero-order valence-electron chi connectivity index (χ0n) is 10.9. The summed E-state index contributed by atoms with van der Waals surface area (Å²) >= 11 is 0. The van der Waals surface area contributed by atoms with E-state index in [1.165, 1.54) is 12.1 Å². The molecule has 0 radical (unpaired) electrons. The lowest BCUT2D eigenvalue weighted by Crippen LogP contribution is -2.17. The lowest BCUT2D eigenvalue weighted by molar-refractivity contribution is -0.274. The Hall–Kier alpha value is -2.43. The van der Waals surface area contributed by atoms with Crippen LogP contribution in [0.25, 0.3) is 11.0 Å². The van der Waals surface area contributed by atoms with Gasteiger partial charge in [-0.3, -0.25) is 0 Å². The van der Waals surface area contributed by atoms with E-state index in [1.807, 2.05) is 24.3 Å². The lowest BCUT2D eigenvalue weighted by Gasteiger charge is -2.09. The molecular formula is C16H11F3O2. The highest BCUT2D eigenvalue weighted by molar-refractivity contribution is 5.81. The predicted molar refractivity (Wildman–Crippen MR) is 72.1 cm³/mol. The van der Waals surface area contributed by atoms with Crippen LogP contribution in [0.3, 0.4) is 0 Å². The van der Waals surface area contributed by atoms with E-state index in [4.69, 9.17) is 4.42 Å². The van der Waals surface area contributed by atoms with Gasteiger partial charge < -0.3 is 9.15 Å². The van der Waals surface area contributed by atoms with E-state index in [-0.39, 0.29) is 5.75 Å². The number of fused-ring (bicyclic) bond motifs is 1. The maximum atomic E-state index is 12.1. The van der Waals surface area contributed by atoms with Crippen molar-refractivity contribution in [1.29, 1.82) is 0 Å². The van der Waals surface area contributed by atoms with Gasteiger partial charge in [0.25, 0.3) is 0 Å². The number of benzene rings is 2. The quantitative estimate of drug-likeness (QED) is 0.683. The molecule has 0 saturated carbocycles. The molecule has 0 bridgehead atoms. The molecule has 0 spiro atoms. The van der Waals surface area contributed by atoms with Gasteiger partial charge in [-0.15, -0.1) is 13.2 Å². The zero-order valence-corrected chi connectivity index (χ0v) is 10.9. The van der Waals surface area contributed by atoms with E-state index in [1.54, 1.807) is 18.4 Å². The molecule has 0 fully saturated rings. The Morgan fingerprint density at radius 2 is 1.67 bits per heavy atom. The average Bonchev–Trinajstić information content (AvgIpc) is 2.83. The maximum absolute atomic E-state index is 12.1. The number of hydrogen-bond acceptors (Lipinski definition) is 2. The highest BCUT2D eigenvalue weighted by Gasteiger charge is 2.30. The van der Waals surface area contributed by atoms with E-state index in [0.29, 0.717) is 6.42 Å². The van der Waals surface area contributed by atoms with Crippen LogP contribution in [0.1, 0.15) is 11.1 Å². The average molecular weight is 292 g/mol. The van der Waals surface area contributed by atoms with Crippen molar-refractivity contribution in [2.45, 2.75) is 12.8 Å². The Balaban J connectivity index is 1.79. The highest BCUT2D eigenvalue weighted by Crippen LogP contribution is 2.26. The molecule has 2 nitrogen and oxygen atoms in total. The van der Waals surface area contributed by atoms with Crippen molar-refractivity contribution >= 4 is 11.0 Å². The summed E-state index contributed by atoms with van der Waals surface area (Å²) in [6.45, 7) is 0. The van der Waals surface area contributed by atoms with Crippen LogP contribution in [-0.4, -0.2) is 6.36 Å². The number of rotatable bonds is 3. The molecule has 0 aliphatic heterocycles. The first-order chi connectivity index (χ1) is 10.0. The minimum absolute atomic E-state index is 0.219. The van der Waals surface area contributed by atoms with E-state index in [0.717, 1.165) is 22.1 Å². The van der Waals surface area contributed by atoms with Crippen LogP contribution >= 0.6 is 0 Å².